The maximum absolute atomic E-state index is 14.0. The fraction of sp³-hybridized carbons (Fsp3) is 0.440. The first kappa shape index (κ1) is 23.1. The number of ether oxygens (including phenoxy) is 2. The standard InChI is InChI=1S/C25H30O5P/c1-16-14-17(2)21(18(3)15-16)23(26)25(12-7-6-8-13-25)31(28)24(27)22-19(29-4)10-9-11-20(22)30-5/h9-11,14-15H,6-8,12-13H2,1-5H3. The van der Waals surface area contributed by atoms with Gasteiger partial charge in [-0.2, -0.15) is 0 Å². The Morgan fingerprint density at radius 1 is 0.871 bits per heavy atom. The van der Waals surface area contributed by atoms with Crippen LogP contribution in [-0.2, 0) is 4.57 Å². The van der Waals surface area contributed by atoms with Gasteiger partial charge in [0.1, 0.15) is 22.2 Å². The maximum Gasteiger partial charge on any atom is 0.250 e. The summed E-state index contributed by atoms with van der Waals surface area (Å²) in [6, 6.07) is 8.93. The van der Waals surface area contributed by atoms with Crippen molar-refractivity contribution in [2.24, 2.45) is 0 Å². The van der Waals surface area contributed by atoms with Crippen molar-refractivity contribution in [1.29, 1.82) is 0 Å². The first-order valence-corrected chi connectivity index (χ1v) is 11.9. The van der Waals surface area contributed by atoms with Gasteiger partial charge in [-0.1, -0.05) is 43.0 Å². The van der Waals surface area contributed by atoms with Gasteiger partial charge in [-0.25, -0.2) is 0 Å². The van der Waals surface area contributed by atoms with E-state index >= 15 is 0 Å². The predicted molar refractivity (Wildman–Crippen MR) is 122 cm³/mol. The lowest BCUT2D eigenvalue weighted by Crippen LogP contribution is -2.39. The van der Waals surface area contributed by atoms with Gasteiger partial charge in [0, 0.05) is 5.56 Å². The minimum Gasteiger partial charge on any atom is -0.496 e. The van der Waals surface area contributed by atoms with E-state index in [0.717, 1.165) is 36.0 Å². The molecule has 1 saturated carbocycles. The zero-order valence-electron chi connectivity index (χ0n) is 18.9. The number of benzene rings is 2. The molecule has 1 atom stereocenters. The van der Waals surface area contributed by atoms with Crippen molar-refractivity contribution in [1.82, 2.24) is 0 Å². The van der Waals surface area contributed by atoms with E-state index in [4.69, 9.17) is 9.47 Å². The molecule has 0 aliphatic heterocycles. The Balaban J connectivity index is 2.13. The predicted octanol–water partition coefficient (Wildman–Crippen LogP) is 6.18. The molecule has 165 valence electrons. The molecule has 0 spiro atoms. The first-order chi connectivity index (χ1) is 14.8. The molecule has 2 aromatic rings. The van der Waals surface area contributed by atoms with Crippen molar-refractivity contribution >= 4 is 19.1 Å². The summed E-state index contributed by atoms with van der Waals surface area (Å²) in [4.78, 5) is 27.5. The van der Waals surface area contributed by atoms with Crippen molar-refractivity contribution in [2.45, 2.75) is 58.0 Å². The highest BCUT2D eigenvalue weighted by atomic mass is 31.1. The summed E-state index contributed by atoms with van der Waals surface area (Å²) >= 11 is 0. The molecule has 1 radical (unpaired) electrons. The smallest absolute Gasteiger partial charge is 0.250 e. The van der Waals surface area contributed by atoms with Crippen LogP contribution in [0.3, 0.4) is 0 Å². The Morgan fingerprint density at radius 2 is 1.39 bits per heavy atom. The monoisotopic (exact) mass is 441 g/mol. The molecule has 0 N–H and O–H groups in total. The van der Waals surface area contributed by atoms with Crippen LogP contribution < -0.4 is 9.47 Å². The number of hydrogen-bond acceptors (Lipinski definition) is 5. The second kappa shape index (κ2) is 9.32. The van der Waals surface area contributed by atoms with E-state index in [1.54, 1.807) is 18.2 Å². The van der Waals surface area contributed by atoms with Gasteiger partial charge in [-0.15, -0.1) is 0 Å². The Hall–Kier alpha value is -2.52. The van der Waals surface area contributed by atoms with E-state index in [2.05, 4.69) is 0 Å². The Labute approximate surface area is 184 Å². The van der Waals surface area contributed by atoms with Gasteiger partial charge in [-0.3, -0.25) is 14.2 Å². The van der Waals surface area contributed by atoms with Crippen LogP contribution >= 0.6 is 7.80 Å². The quantitative estimate of drug-likeness (QED) is 0.379. The Kier molecular flexibility index (Phi) is 6.96. The second-order valence-corrected chi connectivity index (χ2v) is 10.2. The highest BCUT2D eigenvalue weighted by molar-refractivity contribution is 7.67. The van der Waals surface area contributed by atoms with Crippen molar-refractivity contribution in [3.8, 4) is 11.5 Å². The van der Waals surface area contributed by atoms with E-state index in [1.165, 1.54) is 14.2 Å². The molecule has 1 unspecified atom stereocenters. The number of hydrogen-bond donors (Lipinski definition) is 0. The largest absolute Gasteiger partial charge is 0.496 e. The number of carbonyl (C=O) groups is 2. The Bertz CT molecular complexity index is 989. The van der Waals surface area contributed by atoms with Gasteiger partial charge in [0.15, 0.2) is 13.6 Å². The average molecular weight is 441 g/mol. The molecule has 0 heterocycles. The van der Waals surface area contributed by atoms with Gasteiger partial charge < -0.3 is 9.47 Å². The van der Waals surface area contributed by atoms with Crippen LogP contribution in [0.1, 0.15) is 69.5 Å². The summed E-state index contributed by atoms with van der Waals surface area (Å²) in [5, 5.41) is -1.21. The van der Waals surface area contributed by atoms with Crippen molar-refractivity contribution in [3.05, 3.63) is 58.1 Å². The summed E-state index contributed by atoms with van der Waals surface area (Å²) in [5.74, 6) is 0.424. The third kappa shape index (κ3) is 4.16. The SMILES string of the molecule is COc1cccc(OC)c1C(=O)[P](=O)C1(C(=O)c2c(C)cc(C)cc2C)CCCCC1. The van der Waals surface area contributed by atoms with Crippen molar-refractivity contribution < 1.29 is 23.6 Å². The van der Waals surface area contributed by atoms with Gasteiger partial charge >= 0.3 is 0 Å². The third-order valence-corrected chi connectivity index (χ3v) is 8.24. The van der Waals surface area contributed by atoms with Crippen molar-refractivity contribution in [3.63, 3.8) is 0 Å². The lowest BCUT2D eigenvalue weighted by Gasteiger charge is -2.35. The molecule has 0 bridgehead atoms. The molecule has 0 amide bonds. The highest BCUT2D eigenvalue weighted by Gasteiger charge is 2.50. The van der Waals surface area contributed by atoms with Crippen LogP contribution in [0.5, 0.6) is 11.5 Å². The highest BCUT2D eigenvalue weighted by Crippen LogP contribution is 2.54. The fourth-order valence-corrected chi connectivity index (χ4v) is 6.62. The van der Waals surface area contributed by atoms with E-state index in [-0.39, 0.29) is 11.3 Å². The zero-order valence-corrected chi connectivity index (χ0v) is 19.8. The molecule has 0 saturated heterocycles. The van der Waals surface area contributed by atoms with Crippen LogP contribution in [0, 0.1) is 20.8 Å². The summed E-state index contributed by atoms with van der Waals surface area (Å²) in [6.45, 7) is 5.80. The van der Waals surface area contributed by atoms with Gasteiger partial charge in [-0.05, 0) is 56.9 Å². The van der Waals surface area contributed by atoms with Crippen LogP contribution in [0.25, 0.3) is 0 Å². The second-order valence-electron chi connectivity index (χ2n) is 8.33. The van der Waals surface area contributed by atoms with Crippen LogP contribution in [0.4, 0.5) is 0 Å². The molecule has 1 aliphatic rings. The molecule has 31 heavy (non-hydrogen) atoms. The van der Waals surface area contributed by atoms with Gasteiger partial charge in [0.25, 0.3) is 0 Å². The molecular formula is C25H30O5P. The number of rotatable bonds is 7. The molecule has 5 nitrogen and oxygen atoms in total. The van der Waals surface area contributed by atoms with E-state index < -0.39 is 18.5 Å². The fourth-order valence-electron chi connectivity index (χ4n) is 4.79. The summed E-state index contributed by atoms with van der Waals surface area (Å²) in [6.07, 6.45) is 3.39. The first-order valence-electron chi connectivity index (χ1n) is 10.6. The van der Waals surface area contributed by atoms with Crippen LogP contribution in [-0.4, -0.2) is 30.7 Å². The van der Waals surface area contributed by atoms with E-state index in [9.17, 15) is 14.2 Å². The topological polar surface area (TPSA) is 69.7 Å². The minimum absolute atomic E-state index is 0.142. The van der Waals surface area contributed by atoms with E-state index in [1.807, 2.05) is 32.9 Å². The van der Waals surface area contributed by atoms with Gasteiger partial charge in [0.05, 0.1) is 14.2 Å². The van der Waals surface area contributed by atoms with Crippen LogP contribution in [0.15, 0.2) is 30.3 Å². The number of carbonyl (C=O) groups excluding carboxylic acids is 2. The zero-order chi connectivity index (χ0) is 22.8. The summed E-state index contributed by atoms with van der Waals surface area (Å²) < 4.78 is 24.7. The van der Waals surface area contributed by atoms with Gasteiger partial charge in [0.2, 0.25) is 5.52 Å². The summed E-state index contributed by atoms with van der Waals surface area (Å²) in [7, 11) is 0.357. The molecule has 3 rings (SSSR count). The third-order valence-electron chi connectivity index (χ3n) is 6.22. The minimum atomic E-state index is -2.56. The van der Waals surface area contributed by atoms with E-state index in [0.29, 0.717) is 29.9 Å². The molecule has 1 fully saturated rings. The Morgan fingerprint density at radius 3 is 1.87 bits per heavy atom. The lowest BCUT2D eigenvalue weighted by atomic mass is 9.80. The molecule has 1 aliphatic carbocycles. The lowest BCUT2D eigenvalue weighted by molar-refractivity contribution is 0.0901. The maximum atomic E-state index is 14.0. The molecule has 0 aromatic heterocycles. The van der Waals surface area contributed by atoms with Crippen LogP contribution in [0.2, 0.25) is 0 Å². The molecular weight excluding hydrogens is 411 g/mol. The number of aryl methyl sites for hydroxylation is 3. The molecule has 2 aromatic carbocycles. The molecule has 6 heteroatoms. The van der Waals surface area contributed by atoms with Crippen molar-refractivity contribution in [2.75, 3.05) is 14.2 Å². The average Bonchev–Trinajstić information content (AvgIpc) is 2.77. The number of Topliss-reactive ketones (excluding diaryl/α,β-unsaturated/α-hetero) is 1. The summed E-state index contributed by atoms with van der Waals surface area (Å²) in [5.41, 5.74) is 2.95. The number of ketones is 1. The number of methoxy groups -OCH3 is 2. The normalized spacial score (nSPS) is 15.8.